The summed E-state index contributed by atoms with van der Waals surface area (Å²) >= 11 is 3.16. The molecule has 1 aromatic carbocycles. The van der Waals surface area contributed by atoms with Crippen LogP contribution in [0, 0.1) is 0 Å². The maximum atomic E-state index is 11.1. The Kier molecular flexibility index (Phi) is 3.25. The summed E-state index contributed by atoms with van der Waals surface area (Å²) < 4.78 is 31.1. The summed E-state index contributed by atoms with van der Waals surface area (Å²) in [5, 5.41) is 0. The first-order chi connectivity index (χ1) is 6.38. The van der Waals surface area contributed by atoms with Crippen LogP contribution in [0.5, 0.6) is 0 Å². The van der Waals surface area contributed by atoms with Crippen molar-refractivity contribution in [3.63, 3.8) is 0 Å². The molecule has 0 bridgehead atoms. The van der Waals surface area contributed by atoms with E-state index >= 15 is 0 Å². The number of benzene rings is 1. The third-order valence-corrected chi connectivity index (χ3v) is 2.30. The van der Waals surface area contributed by atoms with Gasteiger partial charge in [-0.15, -0.1) is 0 Å². The molecule has 0 heterocycles. The van der Waals surface area contributed by atoms with Crippen LogP contribution >= 0.6 is 15.9 Å². The highest BCUT2D eigenvalue weighted by Gasteiger charge is 2.11. The van der Waals surface area contributed by atoms with Crippen molar-refractivity contribution in [1.29, 1.82) is 0 Å². The van der Waals surface area contributed by atoms with Gasteiger partial charge in [-0.2, -0.15) is 8.42 Å². The standard InChI is InChI=1S/C7H6BrNO4S/c8-6-3-1-5(2-4-6)7(10)9-14(11,12)13/h1-4H,(H,9,10)(H,11,12,13). The Hall–Kier alpha value is -0.920. The first-order valence-electron chi connectivity index (χ1n) is 3.43. The topological polar surface area (TPSA) is 83.5 Å². The number of halogens is 1. The largest absolute Gasteiger partial charge is 0.359 e. The number of nitrogens with one attached hydrogen (secondary N) is 1. The Balaban J connectivity index is 2.86. The molecule has 0 saturated heterocycles. The van der Waals surface area contributed by atoms with Crippen molar-refractivity contribution < 1.29 is 17.8 Å². The van der Waals surface area contributed by atoms with Gasteiger partial charge in [0.1, 0.15) is 0 Å². The molecule has 2 N–H and O–H groups in total. The summed E-state index contributed by atoms with van der Waals surface area (Å²) in [5.74, 6) is -0.875. The molecule has 7 heteroatoms. The molecule has 0 aliphatic carbocycles. The van der Waals surface area contributed by atoms with Crippen molar-refractivity contribution in [2.45, 2.75) is 0 Å². The van der Waals surface area contributed by atoms with Crippen LogP contribution in [-0.2, 0) is 10.3 Å². The monoisotopic (exact) mass is 279 g/mol. The summed E-state index contributed by atoms with van der Waals surface area (Å²) in [6.45, 7) is 0. The van der Waals surface area contributed by atoms with Gasteiger partial charge < -0.3 is 0 Å². The number of carbonyl (C=O) groups excluding carboxylic acids is 1. The van der Waals surface area contributed by atoms with Gasteiger partial charge >= 0.3 is 10.3 Å². The Labute approximate surface area is 89.1 Å². The lowest BCUT2D eigenvalue weighted by atomic mass is 10.2. The summed E-state index contributed by atoms with van der Waals surface area (Å²) in [5.41, 5.74) is 0.144. The molecule has 0 atom stereocenters. The number of hydrogen-bond acceptors (Lipinski definition) is 3. The summed E-state index contributed by atoms with van der Waals surface area (Å²) in [7, 11) is -4.49. The van der Waals surface area contributed by atoms with Gasteiger partial charge in [0.15, 0.2) is 0 Å². The minimum atomic E-state index is -4.49. The van der Waals surface area contributed by atoms with Crippen molar-refractivity contribution in [3.05, 3.63) is 34.3 Å². The smallest absolute Gasteiger partial charge is 0.269 e. The van der Waals surface area contributed by atoms with E-state index in [9.17, 15) is 13.2 Å². The van der Waals surface area contributed by atoms with E-state index in [-0.39, 0.29) is 5.56 Å². The second kappa shape index (κ2) is 4.07. The fraction of sp³-hybridized carbons (Fsp3) is 0. The van der Waals surface area contributed by atoms with Crippen LogP contribution in [0.25, 0.3) is 0 Å². The van der Waals surface area contributed by atoms with E-state index < -0.39 is 16.2 Å². The zero-order valence-electron chi connectivity index (χ0n) is 6.77. The Morgan fingerprint density at radius 3 is 2.21 bits per heavy atom. The second-order valence-electron chi connectivity index (χ2n) is 2.41. The minimum absolute atomic E-state index is 0.144. The van der Waals surface area contributed by atoms with Crippen molar-refractivity contribution in [1.82, 2.24) is 4.72 Å². The molecular weight excluding hydrogens is 274 g/mol. The quantitative estimate of drug-likeness (QED) is 0.791. The molecule has 0 spiro atoms. The maximum Gasteiger partial charge on any atom is 0.359 e. The zero-order chi connectivity index (χ0) is 10.8. The van der Waals surface area contributed by atoms with E-state index in [1.54, 1.807) is 12.1 Å². The van der Waals surface area contributed by atoms with Gasteiger partial charge in [-0.05, 0) is 24.3 Å². The van der Waals surface area contributed by atoms with E-state index in [1.807, 2.05) is 0 Å². The van der Waals surface area contributed by atoms with E-state index in [2.05, 4.69) is 15.9 Å². The summed E-state index contributed by atoms with van der Waals surface area (Å²) in [6.07, 6.45) is 0. The van der Waals surface area contributed by atoms with Crippen LogP contribution in [0.4, 0.5) is 0 Å². The lowest BCUT2D eigenvalue weighted by Gasteiger charge is -2.00. The fourth-order valence-electron chi connectivity index (χ4n) is 0.777. The molecule has 0 unspecified atom stereocenters. The molecule has 5 nitrogen and oxygen atoms in total. The van der Waals surface area contributed by atoms with E-state index in [0.717, 1.165) is 4.47 Å². The van der Waals surface area contributed by atoms with Gasteiger partial charge in [0.05, 0.1) is 0 Å². The molecule has 1 rings (SSSR count). The van der Waals surface area contributed by atoms with Gasteiger partial charge in [0, 0.05) is 10.0 Å². The van der Waals surface area contributed by atoms with Crippen molar-refractivity contribution >= 4 is 32.1 Å². The Morgan fingerprint density at radius 1 is 1.29 bits per heavy atom. The average molecular weight is 280 g/mol. The highest BCUT2D eigenvalue weighted by atomic mass is 79.9. The minimum Gasteiger partial charge on any atom is -0.269 e. The molecule has 14 heavy (non-hydrogen) atoms. The molecule has 76 valence electrons. The lowest BCUT2D eigenvalue weighted by molar-refractivity contribution is 0.0978. The van der Waals surface area contributed by atoms with Crippen LogP contribution in [0.2, 0.25) is 0 Å². The molecule has 0 radical (unpaired) electrons. The molecule has 0 saturated carbocycles. The number of hydrogen-bond donors (Lipinski definition) is 2. The van der Waals surface area contributed by atoms with Crippen LogP contribution in [0.1, 0.15) is 10.4 Å². The number of carbonyl (C=O) groups is 1. The predicted octanol–water partition coefficient (Wildman–Crippen LogP) is 0.982. The molecule has 1 aromatic rings. The molecule has 0 aromatic heterocycles. The zero-order valence-corrected chi connectivity index (χ0v) is 9.17. The predicted molar refractivity (Wildman–Crippen MR) is 53.2 cm³/mol. The van der Waals surface area contributed by atoms with Crippen molar-refractivity contribution in [2.24, 2.45) is 0 Å². The highest BCUT2D eigenvalue weighted by Crippen LogP contribution is 2.10. The van der Waals surface area contributed by atoms with Crippen LogP contribution < -0.4 is 4.72 Å². The van der Waals surface area contributed by atoms with E-state index in [0.29, 0.717) is 0 Å². The fourth-order valence-corrected chi connectivity index (χ4v) is 1.39. The SMILES string of the molecule is O=C(NS(=O)(=O)O)c1ccc(Br)cc1. The normalized spacial score (nSPS) is 11.0. The van der Waals surface area contributed by atoms with Crippen LogP contribution in [0.3, 0.4) is 0 Å². The first-order valence-corrected chi connectivity index (χ1v) is 5.67. The molecule has 1 amide bonds. The highest BCUT2D eigenvalue weighted by molar-refractivity contribution is 9.10. The van der Waals surface area contributed by atoms with Crippen molar-refractivity contribution in [3.8, 4) is 0 Å². The van der Waals surface area contributed by atoms with Crippen molar-refractivity contribution in [2.75, 3.05) is 0 Å². The Morgan fingerprint density at radius 2 is 1.79 bits per heavy atom. The van der Waals surface area contributed by atoms with Gasteiger partial charge in [0.25, 0.3) is 5.91 Å². The third kappa shape index (κ3) is 3.44. The van der Waals surface area contributed by atoms with E-state index in [4.69, 9.17) is 4.55 Å². The number of amides is 1. The van der Waals surface area contributed by atoms with Gasteiger partial charge in [-0.3, -0.25) is 9.35 Å². The summed E-state index contributed by atoms with van der Waals surface area (Å²) in [4.78, 5) is 11.1. The third-order valence-electron chi connectivity index (χ3n) is 1.33. The van der Waals surface area contributed by atoms with Gasteiger partial charge in [-0.1, -0.05) is 15.9 Å². The van der Waals surface area contributed by atoms with Crippen LogP contribution in [0.15, 0.2) is 28.7 Å². The second-order valence-corrected chi connectivity index (χ2v) is 4.48. The summed E-state index contributed by atoms with van der Waals surface area (Å²) in [6, 6.07) is 6.01. The van der Waals surface area contributed by atoms with Crippen LogP contribution in [-0.4, -0.2) is 18.9 Å². The molecule has 0 aliphatic rings. The molecule has 0 aliphatic heterocycles. The molecular formula is C7H6BrNO4S. The first kappa shape index (κ1) is 11.2. The number of rotatable bonds is 2. The average Bonchev–Trinajstić information content (AvgIpc) is 2.02. The maximum absolute atomic E-state index is 11.1. The molecule has 0 fully saturated rings. The lowest BCUT2D eigenvalue weighted by Crippen LogP contribution is -2.29. The van der Waals surface area contributed by atoms with E-state index in [1.165, 1.54) is 16.9 Å². The van der Waals surface area contributed by atoms with Gasteiger partial charge in [-0.25, -0.2) is 4.72 Å². The Bertz CT molecular complexity index is 439. The van der Waals surface area contributed by atoms with Gasteiger partial charge in [0.2, 0.25) is 0 Å².